The van der Waals surface area contributed by atoms with E-state index in [2.05, 4.69) is 18.7 Å². The van der Waals surface area contributed by atoms with Gasteiger partial charge >= 0.3 is 11.9 Å². The summed E-state index contributed by atoms with van der Waals surface area (Å²) < 4.78 is 11.8. The summed E-state index contributed by atoms with van der Waals surface area (Å²) in [6, 6.07) is 8.68. The van der Waals surface area contributed by atoms with Crippen molar-refractivity contribution in [2.24, 2.45) is 39.9 Å². The Hall–Kier alpha value is -2.00. The van der Waals surface area contributed by atoms with Crippen molar-refractivity contribution < 1.29 is 34.4 Å². The molecule has 1 heterocycles. The lowest BCUT2D eigenvalue weighted by atomic mass is 9.37. The average Bonchev–Trinajstić information content (AvgIpc) is 3.36. The zero-order valence-corrected chi connectivity index (χ0v) is 23.1. The Labute approximate surface area is 229 Å². The molecule has 1 aliphatic heterocycles. The van der Waals surface area contributed by atoms with Crippen molar-refractivity contribution in [2.75, 3.05) is 19.7 Å². The van der Waals surface area contributed by atoms with Crippen molar-refractivity contribution in [3.63, 3.8) is 0 Å². The first-order chi connectivity index (χ1) is 18.6. The summed E-state index contributed by atoms with van der Waals surface area (Å²) >= 11 is 0. The van der Waals surface area contributed by atoms with E-state index in [4.69, 9.17) is 9.47 Å². The number of piperidine rings is 1. The van der Waals surface area contributed by atoms with Crippen LogP contribution in [0.1, 0.15) is 63.2 Å². The first-order valence-electron chi connectivity index (χ1n) is 14.8. The molecule has 6 saturated carbocycles. The van der Waals surface area contributed by atoms with Gasteiger partial charge in [-0.25, -0.2) is 4.79 Å². The van der Waals surface area contributed by atoms with Crippen LogP contribution in [0.5, 0.6) is 0 Å². The van der Waals surface area contributed by atoms with E-state index < -0.39 is 52.6 Å². The molecule has 7 bridgehead atoms. The van der Waals surface area contributed by atoms with Gasteiger partial charge in [-0.1, -0.05) is 32.0 Å². The van der Waals surface area contributed by atoms with Crippen molar-refractivity contribution in [1.82, 2.24) is 4.90 Å². The largest absolute Gasteiger partial charge is 0.459 e. The molecular formula is C31H41NO7. The lowest BCUT2D eigenvalue weighted by molar-refractivity contribution is -0.331. The number of aliphatic hydroxyl groups excluding tert-OH is 2. The topological polar surface area (TPSA) is 117 Å². The van der Waals surface area contributed by atoms with Crippen molar-refractivity contribution in [1.29, 1.82) is 0 Å². The van der Waals surface area contributed by atoms with Crippen molar-refractivity contribution in [2.45, 2.75) is 82.8 Å². The van der Waals surface area contributed by atoms with Gasteiger partial charge in [-0.2, -0.15) is 0 Å². The number of benzene rings is 1. The SMILES string of the molecule is CCN1C[C@]2(C)CC[C@H](O)[C@]34C1C(C[C@H]23)C12CCC(C(O)C14)C(O)(COC(=O)c1ccccc1)C2OC(C)=O. The number of hydrogen-bond donors (Lipinski definition) is 3. The third kappa shape index (κ3) is 2.94. The fourth-order valence-corrected chi connectivity index (χ4v) is 11.7. The summed E-state index contributed by atoms with van der Waals surface area (Å²) in [4.78, 5) is 28.0. The molecule has 0 radical (unpaired) electrons. The molecule has 1 aromatic carbocycles. The van der Waals surface area contributed by atoms with Gasteiger partial charge in [0.25, 0.3) is 0 Å². The van der Waals surface area contributed by atoms with Gasteiger partial charge in [0.2, 0.25) is 0 Å². The van der Waals surface area contributed by atoms with E-state index in [1.165, 1.54) is 6.92 Å². The fourth-order valence-electron chi connectivity index (χ4n) is 11.7. The summed E-state index contributed by atoms with van der Waals surface area (Å²) in [5, 5.41) is 36.5. The van der Waals surface area contributed by atoms with Crippen LogP contribution in [-0.2, 0) is 14.3 Å². The molecule has 7 aliphatic rings. The summed E-state index contributed by atoms with van der Waals surface area (Å²) in [6.07, 6.45) is 1.44. The molecular weight excluding hydrogens is 498 g/mol. The van der Waals surface area contributed by atoms with Crippen LogP contribution in [0.3, 0.4) is 0 Å². The van der Waals surface area contributed by atoms with Crippen LogP contribution < -0.4 is 0 Å². The minimum atomic E-state index is -1.72. The molecule has 0 amide bonds. The molecule has 1 saturated heterocycles. The second-order valence-electron chi connectivity index (χ2n) is 13.8. The number of ether oxygens (including phenoxy) is 2. The number of fused-ring (bicyclic) bond motifs is 2. The van der Waals surface area contributed by atoms with E-state index in [1.807, 2.05) is 6.07 Å². The first-order valence-corrected chi connectivity index (χ1v) is 14.8. The van der Waals surface area contributed by atoms with E-state index in [9.17, 15) is 24.9 Å². The molecule has 39 heavy (non-hydrogen) atoms. The van der Waals surface area contributed by atoms with Gasteiger partial charge in [0.15, 0.2) is 0 Å². The number of carbonyl (C=O) groups excluding carboxylic acids is 2. The molecule has 212 valence electrons. The standard InChI is InChI=1S/C31H41NO7/c1-4-32-15-28(3)12-11-22(34)31-21(28)14-20(25(31)32)29-13-10-19(23(35)24(29)31)30(37,27(29)39-17(2)33)16-38-26(36)18-8-6-5-7-9-18/h5-9,19-25,27,34-35,37H,4,10-16H2,1-3H3/t19?,20?,21-,22+,23?,24?,25?,27?,28+,29?,30?,31-/m1/s1. The van der Waals surface area contributed by atoms with Crippen LogP contribution in [0.4, 0.5) is 0 Å². The summed E-state index contributed by atoms with van der Waals surface area (Å²) in [6.45, 7) is 7.32. The van der Waals surface area contributed by atoms with Gasteiger partial charge < -0.3 is 24.8 Å². The highest BCUT2D eigenvalue weighted by Crippen LogP contribution is 2.84. The Balaban J connectivity index is 1.34. The number of rotatable bonds is 5. The van der Waals surface area contributed by atoms with Gasteiger partial charge in [-0.3, -0.25) is 9.69 Å². The van der Waals surface area contributed by atoms with Gasteiger partial charge in [0.05, 0.1) is 17.8 Å². The summed E-state index contributed by atoms with van der Waals surface area (Å²) in [5.74, 6) is -1.66. The highest BCUT2D eigenvalue weighted by Gasteiger charge is 2.89. The average molecular weight is 540 g/mol. The number of carbonyl (C=O) groups is 2. The maximum absolute atomic E-state index is 12.9. The third-order valence-electron chi connectivity index (χ3n) is 12.5. The van der Waals surface area contributed by atoms with Crippen molar-refractivity contribution in [3.8, 4) is 0 Å². The van der Waals surface area contributed by atoms with Crippen molar-refractivity contribution >= 4 is 11.9 Å². The Morgan fingerprint density at radius 1 is 1.10 bits per heavy atom. The summed E-state index contributed by atoms with van der Waals surface area (Å²) in [5.41, 5.74) is -2.51. The highest BCUT2D eigenvalue weighted by atomic mass is 16.6. The normalized spacial score (nSPS) is 50.9. The molecule has 2 spiro atoms. The molecule has 0 aromatic heterocycles. The fraction of sp³-hybridized carbons (Fsp3) is 0.742. The molecule has 7 fully saturated rings. The molecule has 8 nitrogen and oxygen atoms in total. The molecule has 8 rings (SSSR count). The Bertz CT molecular complexity index is 1190. The monoisotopic (exact) mass is 539 g/mol. The smallest absolute Gasteiger partial charge is 0.338 e. The van der Waals surface area contributed by atoms with Gasteiger partial charge in [-0.15, -0.1) is 0 Å². The van der Waals surface area contributed by atoms with E-state index in [0.29, 0.717) is 24.8 Å². The number of likely N-dealkylation sites (tertiary alicyclic amines) is 1. The zero-order valence-electron chi connectivity index (χ0n) is 23.1. The highest BCUT2D eigenvalue weighted by molar-refractivity contribution is 5.89. The molecule has 8 heteroatoms. The first kappa shape index (κ1) is 25.9. The van der Waals surface area contributed by atoms with E-state index in [-0.39, 0.29) is 35.8 Å². The lowest BCUT2D eigenvalue weighted by Crippen LogP contribution is -2.78. The molecule has 3 N–H and O–H groups in total. The van der Waals surface area contributed by atoms with Crippen LogP contribution in [0, 0.1) is 39.9 Å². The van der Waals surface area contributed by atoms with Gasteiger partial charge in [-0.05, 0) is 68.0 Å². The third-order valence-corrected chi connectivity index (χ3v) is 12.5. The Morgan fingerprint density at radius 2 is 1.85 bits per heavy atom. The Morgan fingerprint density at radius 3 is 2.54 bits per heavy atom. The predicted octanol–water partition coefficient (Wildman–Crippen LogP) is 2.39. The number of esters is 2. The Kier molecular flexibility index (Phi) is 5.50. The predicted molar refractivity (Wildman–Crippen MR) is 140 cm³/mol. The number of nitrogens with zero attached hydrogens (tertiary/aromatic N) is 1. The van der Waals surface area contributed by atoms with Crippen molar-refractivity contribution in [3.05, 3.63) is 35.9 Å². The molecule has 6 aliphatic carbocycles. The van der Waals surface area contributed by atoms with Crippen LogP contribution in [0.2, 0.25) is 0 Å². The van der Waals surface area contributed by atoms with Crippen LogP contribution in [-0.4, -0.2) is 81.8 Å². The maximum atomic E-state index is 12.9. The van der Waals surface area contributed by atoms with Crippen LogP contribution >= 0.6 is 0 Å². The quantitative estimate of drug-likeness (QED) is 0.489. The lowest BCUT2D eigenvalue weighted by Gasteiger charge is -2.71. The van der Waals surface area contributed by atoms with Gasteiger partial charge in [0.1, 0.15) is 18.3 Å². The zero-order chi connectivity index (χ0) is 27.5. The van der Waals surface area contributed by atoms with Crippen LogP contribution in [0.15, 0.2) is 30.3 Å². The second-order valence-corrected chi connectivity index (χ2v) is 13.8. The second kappa shape index (κ2) is 8.28. The number of hydrogen-bond acceptors (Lipinski definition) is 8. The number of aliphatic hydroxyl groups is 3. The minimum absolute atomic E-state index is 0.0525. The van der Waals surface area contributed by atoms with Crippen LogP contribution in [0.25, 0.3) is 0 Å². The van der Waals surface area contributed by atoms with Gasteiger partial charge in [0, 0.05) is 42.2 Å². The molecule has 12 atom stereocenters. The molecule has 1 aromatic rings. The molecule has 8 unspecified atom stereocenters. The maximum Gasteiger partial charge on any atom is 0.338 e. The van der Waals surface area contributed by atoms with E-state index in [0.717, 1.165) is 25.9 Å². The van der Waals surface area contributed by atoms with E-state index >= 15 is 0 Å². The van der Waals surface area contributed by atoms with E-state index in [1.54, 1.807) is 24.3 Å². The summed E-state index contributed by atoms with van der Waals surface area (Å²) in [7, 11) is 0. The minimum Gasteiger partial charge on any atom is -0.459 e.